The van der Waals surface area contributed by atoms with E-state index in [0.717, 1.165) is 12.1 Å². The molecule has 2 aromatic rings. The number of carbonyl (C=O) groups is 3. The Kier molecular flexibility index (Phi) is 6.41. The molecule has 156 valence electrons. The largest absolute Gasteiger partial charge is 0.466 e. The van der Waals surface area contributed by atoms with Gasteiger partial charge in [-0.25, -0.2) is 8.78 Å². The number of rotatable bonds is 6. The van der Waals surface area contributed by atoms with Gasteiger partial charge in [-0.3, -0.25) is 19.3 Å². The Morgan fingerprint density at radius 2 is 1.93 bits per heavy atom. The molecule has 2 amide bonds. The molecule has 0 atom stereocenters. The summed E-state index contributed by atoms with van der Waals surface area (Å²) in [6.07, 6.45) is 1.07. The molecule has 2 aromatic carbocycles. The first-order valence-corrected chi connectivity index (χ1v) is 9.16. The second-order valence-electron chi connectivity index (χ2n) is 6.39. The minimum absolute atomic E-state index is 0.144. The van der Waals surface area contributed by atoms with Crippen LogP contribution >= 0.6 is 0 Å². The van der Waals surface area contributed by atoms with Crippen LogP contribution in [0.3, 0.4) is 0 Å². The molecular weight excluding hydrogens is 396 g/mol. The zero-order chi connectivity index (χ0) is 21.7. The van der Waals surface area contributed by atoms with E-state index in [0.29, 0.717) is 23.1 Å². The summed E-state index contributed by atoms with van der Waals surface area (Å²) in [5.41, 5.74) is 1.04. The highest BCUT2D eigenvalue weighted by Crippen LogP contribution is 2.30. The fourth-order valence-electron chi connectivity index (χ4n) is 2.92. The number of fused-ring (bicyclic) bond motifs is 1. The van der Waals surface area contributed by atoms with Crippen molar-refractivity contribution in [3.8, 4) is 0 Å². The minimum Gasteiger partial charge on any atom is -0.466 e. The second-order valence-corrected chi connectivity index (χ2v) is 6.39. The van der Waals surface area contributed by atoms with E-state index in [-0.39, 0.29) is 18.7 Å². The lowest BCUT2D eigenvalue weighted by Crippen LogP contribution is -2.37. The molecular formula is C21H19F2N3O4. The van der Waals surface area contributed by atoms with Gasteiger partial charge in [0.1, 0.15) is 18.2 Å². The number of anilines is 3. The number of hydrogen-bond acceptors (Lipinski definition) is 5. The van der Waals surface area contributed by atoms with E-state index in [9.17, 15) is 23.2 Å². The van der Waals surface area contributed by atoms with Gasteiger partial charge in [0, 0.05) is 17.8 Å². The first kappa shape index (κ1) is 21.0. The Morgan fingerprint density at radius 3 is 2.67 bits per heavy atom. The topological polar surface area (TPSA) is 87.7 Å². The number of benzene rings is 2. The van der Waals surface area contributed by atoms with Gasteiger partial charge in [-0.05, 0) is 31.2 Å². The molecule has 1 heterocycles. The van der Waals surface area contributed by atoms with Gasteiger partial charge in [0.05, 0.1) is 30.1 Å². The van der Waals surface area contributed by atoms with E-state index in [2.05, 4.69) is 10.6 Å². The van der Waals surface area contributed by atoms with Crippen molar-refractivity contribution < 1.29 is 27.9 Å². The van der Waals surface area contributed by atoms with Crippen molar-refractivity contribution in [1.29, 1.82) is 0 Å². The van der Waals surface area contributed by atoms with Gasteiger partial charge in [-0.15, -0.1) is 0 Å². The Bertz CT molecular complexity index is 1020. The van der Waals surface area contributed by atoms with Crippen LogP contribution in [0.15, 0.2) is 54.2 Å². The lowest BCUT2D eigenvalue weighted by Gasteiger charge is -2.21. The van der Waals surface area contributed by atoms with Crippen LogP contribution in [0.4, 0.5) is 25.8 Å². The molecule has 0 spiro atoms. The zero-order valence-corrected chi connectivity index (χ0v) is 16.1. The average Bonchev–Trinajstić information content (AvgIpc) is 2.81. The minimum atomic E-state index is -0.927. The van der Waals surface area contributed by atoms with Crippen LogP contribution in [0, 0.1) is 11.6 Å². The zero-order valence-electron chi connectivity index (χ0n) is 16.1. The van der Waals surface area contributed by atoms with Gasteiger partial charge >= 0.3 is 5.97 Å². The van der Waals surface area contributed by atoms with Crippen molar-refractivity contribution >= 4 is 34.8 Å². The highest BCUT2D eigenvalue weighted by atomic mass is 19.1. The van der Waals surface area contributed by atoms with Crippen LogP contribution in [0.1, 0.15) is 13.3 Å². The quantitative estimate of drug-likeness (QED) is 0.708. The van der Waals surface area contributed by atoms with Gasteiger partial charge in [-0.1, -0.05) is 12.1 Å². The summed E-state index contributed by atoms with van der Waals surface area (Å²) in [7, 11) is 0. The van der Waals surface area contributed by atoms with E-state index in [1.807, 2.05) is 0 Å². The van der Waals surface area contributed by atoms with Crippen LogP contribution in [-0.2, 0) is 19.1 Å². The maximum atomic E-state index is 13.8. The molecule has 9 heteroatoms. The number of hydrogen-bond donors (Lipinski definition) is 2. The van der Waals surface area contributed by atoms with Crippen molar-refractivity contribution in [2.45, 2.75) is 13.3 Å². The molecule has 0 aromatic heterocycles. The van der Waals surface area contributed by atoms with Crippen molar-refractivity contribution in [3.63, 3.8) is 0 Å². The maximum absolute atomic E-state index is 13.8. The SMILES string of the molecule is CCOC(=O)CC1=CC(=O)N(CC(=O)Nc2ccc(F)cc2F)c2ccccc2N1. The number of halogens is 2. The summed E-state index contributed by atoms with van der Waals surface area (Å²) >= 11 is 0. The number of ether oxygens (including phenoxy) is 1. The third kappa shape index (κ3) is 4.99. The number of carbonyl (C=O) groups excluding carboxylic acids is 3. The molecule has 0 bridgehead atoms. The molecule has 3 rings (SSSR count). The molecule has 0 aliphatic carbocycles. The van der Waals surface area contributed by atoms with Crippen molar-refractivity contribution in [3.05, 3.63) is 65.9 Å². The third-order valence-electron chi connectivity index (χ3n) is 4.20. The smallest absolute Gasteiger partial charge is 0.311 e. The Balaban J connectivity index is 1.82. The number of para-hydroxylation sites is 2. The predicted octanol–water partition coefficient (Wildman–Crippen LogP) is 3.20. The normalized spacial score (nSPS) is 13.0. The van der Waals surface area contributed by atoms with E-state index < -0.39 is 36.0 Å². The fraction of sp³-hybridized carbons (Fsp3) is 0.190. The van der Waals surface area contributed by atoms with Crippen molar-refractivity contribution in [2.75, 3.05) is 28.7 Å². The van der Waals surface area contributed by atoms with Crippen LogP contribution in [0.5, 0.6) is 0 Å². The van der Waals surface area contributed by atoms with E-state index in [4.69, 9.17) is 4.74 Å². The summed E-state index contributed by atoms with van der Waals surface area (Å²) in [6.45, 7) is 1.47. The van der Waals surface area contributed by atoms with Crippen LogP contribution in [0.2, 0.25) is 0 Å². The lowest BCUT2D eigenvalue weighted by molar-refractivity contribution is -0.142. The average molecular weight is 415 g/mol. The van der Waals surface area contributed by atoms with Crippen LogP contribution in [-0.4, -0.2) is 30.9 Å². The standard InChI is InChI=1S/C21H19F2N3O4/c1-2-30-21(29)11-14-10-20(28)26(18-6-4-3-5-17(18)24-14)12-19(27)25-16-8-7-13(22)9-15(16)23/h3-10,24H,2,11-12H2,1H3,(H,25,27). The molecule has 0 fully saturated rings. The van der Waals surface area contributed by atoms with Gasteiger partial charge in [-0.2, -0.15) is 0 Å². The van der Waals surface area contributed by atoms with E-state index in [1.165, 1.54) is 11.0 Å². The monoisotopic (exact) mass is 415 g/mol. The summed E-state index contributed by atoms with van der Waals surface area (Å²) in [5, 5.41) is 5.34. The van der Waals surface area contributed by atoms with E-state index >= 15 is 0 Å². The Morgan fingerprint density at radius 1 is 1.17 bits per heavy atom. The van der Waals surface area contributed by atoms with Crippen LogP contribution < -0.4 is 15.5 Å². The summed E-state index contributed by atoms with van der Waals surface area (Å²) in [5.74, 6) is -3.41. The molecule has 30 heavy (non-hydrogen) atoms. The fourth-order valence-corrected chi connectivity index (χ4v) is 2.92. The number of esters is 1. The summed E-state index contributed by atoms with van der Waals surface area (Å²) in [6, 6.07) is 9.50. The van der Waals surface area contributed by atoms with Gasteiger partial charge in [0.2, 0.25) is 5.91 Å². The van der Waals surface area contributed by atoms with E-state index in [1.54, 1.807) is 31.2 Å². The second kappa shape index (κ2) is 9.17. The van der Waals surface area contributed by atoms with Crippen LogP contribution in [0.25, 0.3) is 0 Å². The summed E-state index contributed by atoms with van der Waals surface area (Å²) in [4.78, 5) is 38.2. The Hall–Kier alpha value is -3.75. The molecule has 0 radical (unpaired) electrons. The first-order valence-electron chi connectivity index (χ1n) is 9.16. The molecule has 0 unspecified atom stereocenters. The van der Waals surface area contributed by atoms with Gasteiger partial charge in [0.15, 0.2) is 0 Å². The highest BCUT2D eigenvalue weighted by Gasteiger charge is 2.25. The third-order valence-corrected chi connectivity index (χ3v) is 4.20. The highest BCUT2D eigenvalue weighted by molar-refractivity contribution is 6.10. The molecule has 0 saturated heterocycles. The molecule has 2 N–H and O–H groups in total. The van der Waals surface area contributed by atoms with Crippen molar-refractivity contribution in [1.82, 2.24) is 0 Å². The molecule has 0 saturated carbocycles. The first-order chi connectivity index (χ1) is 14.4. The van der Waals surface area contributed by atoms with Gasteiger partial charge in [0.25, 0.3) is 5.91 Å². The lowest BCUT2D eigenvalue weighted by atomic mass is 10.2. The predicted molar refractivity (Wildman–Crippen MR) is 107 cm³/mol. The molecule has 1 aliphatic heterocycles. The summed E-state index contributed by atoms with van der Waals surface area (Å²) < 4.78 is 31.8. The number of amides is 2. The number of nitrogens with one attached hydrogen (secondary N) is 2. The maximum Gasteiger partial charge on any atom is 0.311 e. The molecule has 1 aliphatic rings. The molecule has 7 nitrogen and oxygen atoms in total. The van der Waals surface area contributed by atoms with Gasteiger partial charge < -0.3 is 15.4 Å². The number of nitrogens with zero attached hydrogens (tertiary/aromatic N) is 1. The van der Waals surface area contributed by atoms with Crippen molar-refractivity contribution in [2.24, 2.45) is 0 Å². The Labute approximate surface area is 171 Å².